The molecule has 0 radical (unpaired) electrons. The average molecular weight is 315 g/mol. The predicted octanol–water partition coefficient (Wildman–Crippen LogP) is 2.95. The van der Waals surface area contributed by atoms with Crippen molar-refractivity contribution in [1.29, 1.82) is 0 Å². The molecule has 18 heavy (non-hydrogen) atoms. The standard InChI is InChI=1S/C14H23BrN2O/c1-9(2)12(8-17-3)14(16)11-7-10(15)5-6-13(11)18-4/h5-7,9,12,14,17H,8,16H2,1-4H3. The van der Waals surface area contributed by atoms with E-state index in [4.69, 9.17) is 10.5 Å². The fraction of sp³-hybridized carbons (Fsp3) is 0.571. The van der Waals surface area contributed by atoms with Crippen LogP contribution in [0.2, 0.25) is 0 Å². The van der Waals surface area contributed by atoms with E-state index in [0.717, 1.165) is 22.3 Å². The highest BCUT2D eigenvalue weighted by atomic mass is 79.9. The number of hydrogen-bond donors (Lipinski definition) is 2. The summed E-state index contributed by atoms with van der Waals surface area (Å²) in [5.74, 6) is 1.74. The first kappa shape index (κ1) is 15.5. The summed E-state index contributed by atoms with van der Waals surface area (Å²) >= 11 is 3.49. The summed E-state index contributed by atoms with van der Waals surface area (Å²) in [6.07, 6.45) is 0. The van der Waals surface area contributed by atoms with Crippen LogP contribution in [-0.4, -0.2) is 20.7 Å². The summed E-state index contributed by atoms with van der Waals surface area (Å²) in [6, 6.07) is 5.94. The van der Waals surface area contributed by atoms with Crippen LogP contribution in [-0.2, 0) is 0 Å². The lowest BCUT2D eigenvalue weighted by atomic mass is 9.84. The van der Waals surface area contributed by atoms with E-state index < -0.39 is 0 Å². The number of hydrogen-bond acceptors (Lipinski definition) is 3. The molecular formula is C14H23BrN2O. The van der Waals surface area contributed by atoms with Gasteiger partial charge in [0, 0.05) is 16.1 Å². The Morgan fingerprint density at radius 2 is 2.06 bits per heavy atom. The molecule has 2 atom stereocenters. The molecule has 0 aliphatic heterocycles. The van der Waals surface area contributed by atoms with Crippen molar-refractivity contribution in [3.63, 3.8) is 0 Å². The second-order valence-electron chi connectivity index (χ2n) is 4.88. The van der Waals surface area contributed by atoms with E-state index >= 15 is 0 Å². The molecule has 2 unspecified atom stereocenters. The third-order valence-electron chi connectivity index (χ3n) is 3.31. The Morgan fingerprint density at radius 1 is 1.39 bits per heavy atom. The summed E-state index contributed by atoms with van der Waals surface area (Å²) in [6.45, 7) is 5.30. The number of methoxy groups -OCH3 is 1. The molecule has 3 N–H and O–H groups in total. The van der Waals surface area contributed by atoms with Gasteiger partial charge in [-0.3, -0.25) is 0 Å². The average Bonchev–Trinajstić information content (AvgIpc) is 2.34. The van der Waals surface area contributed by atoms with Gasteiger partial charge in [-0.15, -0.1) is 0 Å². The second kappa shape index (κ2) is 7.12. The largest absolute Gasteiger partial charge is 0.496 e. The molecule has 1 aromatic rings. The predicted molar refractivity (Wildman–Crippen MR) is 79.9 cm³/mol. The molecule has 0 heterocycles. The SMILES string of the molecule is CNCC(C(C)C)C(N)c1cc(Br)ccc1OC. The third-order valence-corrected chi connectivity index (χ3v) is 3.80. The van der Waals surface area contributed by atoms with Gasteiger partial charge >= 0.3 is 0 Å². The van der Waals surface area contributed by atoms with Crippen LogP contribution in [0, 0.1) is 11.8 Å². The minimum Gasteiger partial charge on any atom is -0.496 e. The molecule has 0 spiro atoms. The maximum Gasteiger partial charge on any atom is 0.123 e. The van der Waals surface area contributed by atoms with E-state index in [1.807, 2.05) is 19.2 Å². The highest BCUT2D eigenvalue weighted by molar-refractivity contribution is 9.10. The fourth-order valence-corrected chi connectivity index (χ4v) is 2.59. The second-order valence-corrected chi connectivity index (χ2v) is 5.79. The van der Waals surface area contributed by atoms with Crippen LogP contribution in [0.4, 0.5) is 0 Å². The van der Waals surface area contributed by atoms with Crippen LogP contribution >= 0.6 is 15.9 Å². The summed E-state index contributed by atoms with van der Waals surface area (Å²) in [5, 5.41) is 3.22. The minimum atomic E-state index is -0.0371. The number of benzene rings is 1. The summed E-state index contributed by atoms with van der Waals surface area (Å²) in [7, 11) is 3.64. The zero-order valence-electron chi connectivity index (χ0n) is 11.5. The molecule has 0 bridgehead atoms. The molecular weight excluding hydrogens is 292 g/mol. The Hall–Kier alpha value is -0.580. The van der Waals surface area contributed by atoms with Crippen molar-refractivity contribution < 1.29 is 4.74 Å². The van der Waals surface area contributed by atoms with Crippen molar-refractivity contribution in [1.82, 2.24) is 5.32 Å². The van der Waals surface area contributed by atoms with Gasteiger partial charge < -0.3 is 15.8 Å². The van der Waals surface area contributed by atoms with Crippen LogP contribution in [0.25, 0.3) is 0 Å². The van der Waals surface area contributed by atoms with Gasteiger partial charge in [0.25, 0.3) is 0 Å². The van der Waals surface area contributed by atoms with Crippen molar-refractivity contribution in [2.45, 2.75) is 19.9 Å². The van der Waals surface area contributed by atoms with Gasteiger partial charge in [-0.1, -0.05) is 29.8 Å². The van der Waals surface area contributed by atoms with Crippen LogP contribution in [0.3, 0.4) is 0 Å². The number of nitrogens with two attached hydrogens (primary N) is 1. The van der Waals surface area contributed by atoms with E-state index in [1.165, 1.54) is 0 Å². The highest BCUT2D eigenvalue weighted by Crippen LogP contribution is 2.33. The molecule has 1 aromatic carbocycles. The van der Waals surface area contributed by atoms with Gasteiger partial charge in [-0.2, -0.15) is 0 Å². The molecule has 4 heteroatoms. The van der Waals surface area contributed by atoms with E-state index in [9.17, 15) is 0 Å². The lowest BCUT2D eigenvalue weighted by Crippen LogP contribution is -2.33. The van der Waals surface area contributed by atoms with Gasteiger partial charge in [0.05, 0.1) is 7.11 Å². The van der Waals surface area contributed by atoms with Crippen molar-refractivity contribution in [2.75, 3.05) is 20.7 Å². The normalized spacial score (nSPS) is 14.6. The lowest BCUT2D eigenvalue weighted by molar-refractivity contribution is 0.306. The number of ether oxygens (including phenoxy) is 1. The Labute approximate surface area is 118 Å². The Bertz CT molecular complexity index is 382. The first-order valence-electron chi connectivity index (χ1n) is 6.24. The quantitative estimate of drug-likeness (QED) is 0.848. The van der Waals surface area contributed by atoms with E-state index in [-0.39, 0.29) is 6.04 Å². The number of rotatable bonds is 6. The molecule has 0 saturated carbocycles. The Morgan fingerprint density at radius 3 is 2.56 bits per heavy atom. The summed E-state index contributed by atoms with van der Waals surface area (Å²) in [5.41, 5.74) is 7.49. The number of halogens is 1. The third kappa shape index (κ3) is 3.70. The molecule has 0 saturated heterocycles. The van der Waals surface area contributed by atoms with Gasteiger partial charge in [0.2, 0.25) is 0 Å². The molecule has 3 nitrogen and oxygen atoms in total. The van der Waals surface area contributed by atoms with Crippen molar-refractivity contribution >= 4 is 15.9 Å². The monoisotopic (exact) mass is 314 g/mol. The van der Waals surface area contributed by atoms with Crippen LogP contribution < -0.4 is 15.8 Å². The summed E-state index contributed by atoms with van der Waals surface area (Å²) < 4.78 is 6.44. The Kier molecular flexibility index (Phi) is 6.12. The zero-order valence-corrected chi connectivity index (χ0v) is 13.1. The molecule has 0 amide bonds. The molecule has 0 aromatic heterocycles. The van der Waals surface area contributed by atoms with Gasteiger partial charge in [-0.25, -0.2) is 0 Å². The highest BCUT2D eigenvalue weighted by Gasteiger charge is 2.24. The van der Waals surface area contributed by atoms with Crippen LogP contribution in [0.5, 0.6) is 5.75 Å². The van der Waals surface area contributed by atoms with Crippen molar-refractivity contribution in [3.8, 4) is 5.75 Å². The van der Waals surface area contributed by atoms with E-state index in [0.29, 0.717) is 11.8 Å². The van der Waals surface area contributed by atoms with E-state index in [1.54, 1.807) is 7.11 Å². The topological polar surface area (TPSA) is 47.3 Å². The molecule has 102 valence electrons. The maximum absolute atomic E-state index is 6.43. The van der Waals surface area contributed by atoms with Gasteiger partial charge in [0.1, 0.15) is 5.75 Å². The fourth-order valence-electron chi connectivity index (χ4n) is 2.21. The number of nitrogens with one attached hydrogen (secondary N) is 1. The lowest BCUT2D eigenvalue weighted by Gasteiger charge is -2.28. The minimum absolute atomic E-state index is 0.0371. The molecule has 0 aliphatic carbocycles. The van der Waals surface area contributed by atoms with E-state index in [2.05, 4.69) is 41.2 Å². The molecule has 0 fully saturated rings. The van der Waals surface area contributed by atoms with Crippen molar-refractivity contribution in [2.24, 2.45) is 17.6 Å². The first-order chi connectivity index (χ1) is 8.51. The van der Waals surface area contributed by atoms with Gasteiger partial charge in [-0.05, 0) is 43.6 Å². The van der Waals surface area contributed by atoms with Crippen molar-refractivity contribution in [3.05, 3.63) is 28.2 Å². The maximum atomic E-state index is 6.43. The van der Waals surface area contributed by atoms with Gasteiger partial charge in [0.15, 0.2) is 0 Å². The summed E-state index contributed by atoms with van der Waals surface area (Å²) in [4.78, 5) is 0. The van der Waals surface area contributed by atoms with Crippen LogP contribution in [0.1, 0.15) is 25.5 Å². The molecule has 0 aliphatic rings. The smallest absolute Gasteiger partial charge is 0.123 e. The Balaban J connectivity index is 3.06. The molecule has 1 rings (SSSR count). The van der Waals surface area contributed by atoms with Crippen LogP contribution in [0.15, 0.2) is 22.7 Å². The first-order valence-corrected chi connectivity index (χ1v) is 7.04. The zero-order chi connectivity index (χ0) is 13.7.